The summed E-state index contributed by atoms with van der Waals surface area (Å²) < 4.78 is 0. The molecule has 3 aromatic rings. The Bertz CT molecular complexity index is 819. The maximum absolute atomic E-state index is 11.6. The quantitative estimate of drug-likeness (QED) is 0.649. The van der Waals surface area contributed by atoms with E-state index in [-0.39, 0.29) is 0 Å². The first-order valence-electron chi connectivity index (χ1n) is 7.62. The van der Waals surface area contributed by atoms with Gasteiger partial charge in [0, 0.05) is 24.5 Å². The molecule has 1 aromatic heterocycles. The number of carbonyl (C=O) groups excluding carboxylic acids is 1. The van der Waals surface area contributed by atoms with Crippen molar-refractivity contribution in [3.05, 3.63) is 84.1 Å². The Morgan fingerprint density at radius 3 is 2.33 bits per heavy atom. The molecule has 4 N–H and O–H groups in total. The van der Waals surface area contributed by atoms with Gasteiger partial charge in [-0.3, -0.25) is 4.79 Å². The van der Waals surface area contributed by atoms with Gasteiger partial charge in [-0.05, 0) is 17.7 Å². The first kappa shape index (κ1) is 15.6. The maximum atomic E-state index is 11.6. The van der Waals surface area contributed by atoms with E-state index in [0.717, 1.165) is 11.3 Å². The lowest BCUT2D eigenvalue weighted by atomic mass is 10.2. The summed E-state index contributed by atoms with van der Waals surface area (Å²) in [5.74, 6) is 0.131. The van der Waals surface area contributed by atoms with E-state index in [1.54, 1.807) is 6.07 Å². The van der Waals surface area contributed by atoms with Crippen LogP contribution in [0.25, 0.3) is 0 Å². The third-order valence-electron chi connectivity index (χ3n) is 3.54. The molecule has 0 spiro atoms. The normalized spacial score (nSPS) is 10.2. The fourth-order valence-electron chi connectivity index (χ4n) is 2.33. The molecule has 5 nitrogen and oxygen atoms in total. The lowest BCUT2D eigenvalue weighted by molar-refractivity contribution is 0.100. The van der Waals surface area contributed by atoms with Gasteiger partial charge >= 0.3 is 0 Å². The van der Waals surface area contributed by atoms with Gasteiger partial charge in [0.05, 0.1) is 11.3 Å². The van der Waals surface area contributed by atoms with Crippen LogP contribution in [0.5, 0.6) is 0 Å². The number of nitrogens with zero attached hydrogens (tertiary/aromatic N) is 1. The van der Waals surface area contributed by atoms with Gasteiger partial charge in [0.15, 0.2) is 0 Å². The highest BCUT2D eigenvalue weighted by molar-refractivity contribution is 5.98. The van der Waals surface area contributed by atoms with Crippen molar-refractivity contribution in [2.24, 2.45) is 5.73 Å². The molecule has 0 atom stereocenters. The highest BCUT2D eigenvalue weighted by atomic mass is 16.1. The van der Waals surface area contributed by atoms with E-state index in [1.165, 1.54) is 6.20 Å². The number of nitrogens with one attached hydrogen (secondary N) is 2. The Morgan fingerprint density at radius 1 is 1.00 bits per heavy atom. The molecule has 0 aliphatic heterocycles. The SMILES string of the molecule is NC(=O)c1cnc(Nc2ccccc2)cc1NCc1ccccc1. The minimum atomic E-state index is -0.510. The molecule has 0 saturated heterocycles. The number of benzene rings is 2. The Hall–Kier alpha value is -3.34. The monoisotopic (exact) mass is 318 g/mol. The van der Waals surface area contributed by atoms with Crippen molar-refractivity contribution in [1.82, 2.24) is 4.98 Å². The highest BCUT2D eigenvalue weighted by Gasteiger charge is 2.10. The first-order chi connectivity index (χ1) is 11.7. The predicted molar refractivity (Wildman–Crippen MR) is 96.2 cm³/mol. The summed E-state index contributed by atoms with van der Waals surface area (Å²) in [4.78, 5) is 15.9. The average Bonchev–Trinajstić information content (AvgIpc) is 2.61. The predicted octanol–water partition coefficient (Wildman–Crippen LogP) is 3.54. The molecule has 0 aliphatic rings. The first-order valence-corrected chi connectivity index (χ1v) is 7.62. The minimum Gasteiger partial charge on any atom is -0.380 e. The number of pyridine rings is 1. The molecule has 1 heterocycles. The summed E-state index contributed by atoms with van der Waals surface area (Å²) in [6, 6.07) is 21.4. The molecule has 0 bridgehead atoms. The van der Waals surface area contributed by atoms with Crippen molar-refractivity contribution in [2.45, 2.75) is 6.54 Å². The van der Waals surface area contributed by atoms with Gasteiger partial charge in [0.1, 0.15) is 5.82 Å². The molecule has 0 fully saturated rings. The van der Waals surface area contributed by atoms with Crippen LogP contribution in [0.15, 0.2) is 72.9 Å². The van der Waals surface area contributed by atoms with E-state index in [9.17, 15) is 4.79 Å². The van der Waals surface area contributed by atoms with Crippen LogP contribution >= 0.6 is 0 Å². The standard InChI is InChI=1S/C19H18N4O/c20-19(24)16-13-22-18(23-15-9-5-2-6-10-15)11-17(16)21-12-14-7-3-1-4-8-14/h1-11,13H,12H2,(H2,20,24)(H2,21,22,23). The van der Waals surface area contributed by atoms with Crippen molar-refractivity contribution in [3.8, 4) is 0 Å². The van der Waals surface area contributed by atoms with Gasteiger partial charge in [-0.2, -0.15) is 0 Å². The van der Waals surface area contributed by atoms with Crippen LogP contribution in [0.1, 0.15) is 15.9 Å². The largest absolute Gasteiger partial charge is 0.380 e. The Morgan fingerprint density at radius 2 is 1.67 bits per heavy atom. The van der Waals surface area contributed by atoms with Gasteiger partial charge in [0.25, 0.3) is 5.91 Å². The highest BCUT2D eigenvalue weighted by Crippen LogP contribution is 2.22. The molecule has 0 aliphatic carbocycles. The summed E-state index contributed by atoms with van der Waals surface area (Å²) >= 11 is 0. The second kappa shape index (κ2) is 7.28. The summed E-state index contributed by atoms with van der Waals surface area (Å²) in [5.41, 5.74) is 8.50. The number of anilines is 3. The van der Waals surface area contributed by atoms with Gasteiger partial charge < -0.3 is 16.4 Å². The molecule has 1 amide bonds. The van der Waals surface area contributed by atoms with E-state index in [1.807, 2.05) is 60.7 Å². The molecule has 120 valence electrons. The number of amides is 1. The number of hydrogen-bond donors (Lipinski definition) is 3. The number of carbonyl (C=O) groups is 1. The number of rotatable bonds is 6. The van der Waals surface area contributed by atoms with Crippen LogP contribution in [-0.4, -0.2) is 10.9 Å². The number of nitrogens with two attached hydrogens (primary N) is 1. The molecule has 0 saturated carbocycles. The number of aromatic nitrogens is 1. The minimum absolute atomic E-state index is 0.365. The van der Waals surface area contributed by atoms with E-state index in [2.05, 4.69) is 15.6 Å². The van der Waals surface area contributed by atoms with Crippen molar-refractivity contribution in [1.29, 1.82) is 0 Å². The van der Waals surface area contributed by atoms with Crippen LogP contribution in [0.4, 0.5) is 17.2 Å². The Labute approximate surface area is 140 Å². The molecule has 0 radical (unpaired) electrons. The van der Waals surface area contributed by atoms with E-state index >= 15 is 0 Å². The van der Waals surface area contributed by atoms with Gasteiger partial charge in [-0.1, -0.05) is 48.5 Å². The number of para-hydroxylation sites is 1. The zero-order valence-corrected chi connectivity index (χ0v) is 13.1. The van der Waals surface area contributed by atoms with E-state index in [4.69, 9.17) is 5.73 Å². The molecular weight excluding hydrogens is 300 g/mol. The van der Waals surface area contributed by atoms with E-state index in [0.29, 0.717) is 23.6 Å². The van der Waals surface area contributed by atoms with Crippen molar-refractivity contribution >= 4 is 23.1 Å². The topological polar surface area (TPSA) is 80.0 Å². The fraction of sp³-hybridized carbons (Fsp3) is 0.0526. The summed E-state index contributed by atoms with van der Waals surface area (Å²) in [7, 11) is 0. The average molecular weight is 318 g/mol. The van der Waals surface area contributed by atoms with Crippen LogP contribution < -0.4 is 16.4 Å². The van der Waals surface area contributed by atoms with Gasteiger partial charge in [-0.25, -0.2) is 4.98 Å². The lowest BCUT2D eigenvalue weighted by Crippen LogP contribution is -2.15. The van der Waals surface area contributed by atoms with Crippen LogP contribution in [0.2, 0.25) is 0 Å². The van der Waals surface area contributed by atoms with Crippen molar-refractivity contribution in [2.75, 3.05) is 10.6 Å². The summed E-state index contributed by atoms with van der Waals surface area (Å²) in [5, 5.41) is 6.46. The fourth-order valence-corrected chi connectivity index (χ4v) is 2.33. The number of hydrogen-bond acceptors (Lipinski definition) is 4. The van der Waals surface area contributed by atoms with Crippen molar-refractivity contribution < 1.29 is 4.79 Å². The van der Waals surface area contributed by atoms with Crippen molar-refractivity contribution in [3.63, 3.8) is 0 Å². The van der Waals surface area contributed by atoms with Crippen LogP contribution in [0.3, 0.4) is 0 Å². The zero-order chi connectivity index (χ0) is 16.8. The molecule has 2 aromatic carbocycles. The van der Waals surface area contributed by atoms with Crippen LogP contribution in [-0.2, 0) is 6.54 Å². The van der Waals surface area contributed by atoms with Crippen LogP contribution in [0, 0.1) is 0 Å². The number of primary amides is 1. The van der Waals surface area contributed by atoms with E-state index < -0.39 is 5.91 Å². The summed E-state index contributed by atoms with van der Waals surface area (Å²) in [6.07, 6.45) is 1.49. The molecule has 24 heavy (non-hydrogen) atoms. The zero-order valence-electron chi connectivity index (χ0n) is 13.1. The van der Waals surface area contributed by atoms with Gasteiger partial charge in [0.2, 0.25) is 0 Å². The maximum Gasteiger partial charge on any atom is 0.252 e. The molecule has 0 unspecified atom stereocenters. The molecular formula is C19H18N4O. The Kier molecular flexibility index (Phi) is 4.72. The molecule has 5 heteroatoms. The van der Waals surface area contributed by atoms with Gasteiger partial charge in [-0.15, -0.1) is 0 Å². The second-order valence-electron chi connectivity index (χ2n) is 5.31. The second-order valence-corrected chi connectivity index (χ2v) is 5.31. The molecule has 3 rings (SSSR count). The Balaban J connectivity index is 1.82. The lowest BCUT2D eigenvalue weighted by Gasteiger charge is -2.13. The third-order valence-corrected chi connectivity index (χ3v) is 3.54. The summed E-state index contributed by atoms with van der Waals surface area (Å²) in [6.45, 7) is 0.593. The third kappa shape index (κ3) is 3.89. The smallest absolute Gasteiger partial charge is 0.252 e.